The van der Waals surface area contributed by atoms with E-state index in [0.717, 1.165) is 11.4 Å². The molecule has 0 saturated heterocycles. The summed E-state index contributed by atoms with van der Waals surface area (Å²) in [6.07, 6.45) is 0.817. The number of hydrogen-bond acceptors (Lipinski definition) is 5. The fourth-order valence-corrected chi connectivity index (χ4v) is 3.30. The lowest BCUT2D eigenvalue weighted by Gasteiger charge is -2.59. The molecular weight excluding hydrogens is 276 g/mol. The van der Waals surface area contributed by atoms with Crippen LogP contribution in [0.2, 0.25) is 0 Å². The van der Waals surface area contributed by atoms with Crippen molar-refractivity contribution < 1.29 is 14.3 Å². The van der Waals surface area contributed by atoms with Gasteiger partial charge in [-0.3, -0.25) is 4.79 Å². The number of hydrogen-bond donors (Lipinski definition) is 1. The Morgan fingerprint density at radius 3 is 2.75 bits per heavy atom. The Bertz CT molecular complexity index is 500. The van der Waals surface area contributed by atoms with Gasteiger partial charge >= 0.3 is 0 Å². The fraction of sp³-hybridized carbons (Fsp3) is 0.714. The average molecular weight is 298 g/mol. The lowest BCUT2D eigenvalue weighted by Crippen LogP contribution is -2.68. The van der Waals surface area contributed by atoms with Gasteiger partial charge in [0.25, 0.3) is 5.91 Å². The van der Waals surface area contributed by atoms with Crippen LogP contribution >= 0.6 is 11.3 Å². The van der Waals surface area contributed by atoms with Gasteiger partial charge in [-0.2, -0.15) is 0 Å². The number of carbonyl (C=O) groups is 1. The van der Waals surface area contributed by atoms with Crippen LogP contribution in [0.15, 0.2) is 5.38 Å². The van der Waals surface area contributed by atoms with Crippen molar-refractivity contribution in [3.63, 3.8) is 0 Å². The third kappa shape index (κ3) is 2.47. The molecule has 1 fully saturated rings. The highest BCUT2D eigenvalue weighted by molar-refractivity contribution is 7.09. The molecule has 1 amide bonds. The SMILES string of the molecule is COCc1nc(C(=O)NC2CC(C)(OC)C2(C)C)cs1. The highest BCUT2D eigenvalue weighted by Gasteiger charge is 2.58. The van der Waals surface area contributed by atoms with E-state index in [9.17, 15) is 4.79 Å². The molecule has 1 aliphatic rings. The van der Waals surface area contributed by atoms with Crippen LogP contribution in [0.1, 0.15) is 42.7 Å². The number of ether oxygens (including phenoxy) is 2. The Balaban J connectivity index is 1.99. The van der Waals surface area contributed by atoms with Crippen molar-refractivity contribution in [2.75, 3.05) is 14.2 Å². The lowest BCUT2D eigenvalue weighted by molar-refractivity contribution is -0.177. The smallest absolute Gasteiger partial charge is 0.271 e. The summed E-state index contributed by atoms with van der Waals surface area (Å²) < 4.78 is 10.6. The molecule has 20 heavy (non-hydrogen) atoms. The van der Waals surface area contributed by atoms with E-state index in [-0.39, 0.29) is 23.0 Å². The van der Waals surface area contributed by atoms with Gasteiger partial charge in [0.05, 0.1) is 12.2 Å². The van der Waals surface area contributed by atoms with E-state index in [1.54, 1.807) is 19.6 Å². The molecule has 1 heterocycles. The molecule has 0 radical (unpaired) electrons. The molecule has 0 aliphatic heterocycles. The number of nitrogens with one attached hydrogen (secondary N) is 1. The van der Waals surface area contributed by atoms with Crippen molar-refractivity contribution in [2.45, 2.75) is 45.4 Å². The van der Waals surface area contributed by atoms with E-state index >= 15 is 0 Å². The molecule has 112 valence electrons. The summed E-state index contributed by atoms with van der Waals surface area (Å²) in [6, 6.07) is 0.104. The zero-order chi connectivity index (χ0) is 15.0. The third-order valence-electron chi connectivity index (χ3n) is 4.64. The monoisotopic (exact) mass is 298 g/mol. The minimum atomic E-state index is -0.186. The van der Waals surface area contributed by atoms with Gasteiger partial charge in [0, 0.05) is 31.1 Å². The third-order valence-corrected chi connectivity index (χ3v) is 5.46. The molecule has 2 unspecified atom stereocenters. The highest BCUT2D eigenvalue weighted by atomic mass is 32.1. The van der Waals surface area contributed by atoms with E-state index in [1.807, 2.05) is 0 Å². The molecule has 1 aliphatic carbocycles. The van der Waals surface area contributed by atoms with E-state index < -0.39 is 0 Å². The first kappa shape index (κ1) is 15.4. The molecule has 1 aromatic rings. The number of nitrogens with zero attached hydrogens (tertiary/aromatic N) is 1. The van der Waals surface area contributed by atoms with Gasteiger partial charge in [0.1, 0.15) is 10.7 Å². The molecule has 1 aromatic heterocycles. The van der Waals surface area contributed by atoms with Crippen LogP contribution in [0, 0.1) is 5.41 Å². The second kappa shape index (κ2) is 5.42. The van der Waals surface area contributed by atoms with E-state index in [1.165, 1.54) is 11.3 Å². The second-order valence-corrected chi connectivity index (χ2v) is 6.89. The molecule has 0 bridgehead atoms. The number of thiazole rings is 1. The first-order valence-electron chi connectivity index (χ1n) is 6.63. The van der Waals surface area contributed by atoms with Gasteiger partial charge in [-0.15, -0.1) is 11.3 Å². The van der Waals surface area contributed by atoms with Crippen molar-refractivity contribution in [3.05, 3.63) is 16.1 Å². The summed E-state index contributed by atoms with van der Waals surface area (Å²) in [4.78, 5) is 16.5. The quantitative estimate of drug-likeness (QED) is 0.905. The van der Waals surface area contributed by atoms with Gasteiger partial charge in [0.15, 0.2) is 0 Å². The minimum Gasteiger partial charge on any atom is -0.378 e. The Hall–Kier alpha value is -0.980. The Morgan fingerprint density at radius 2 is 2.20 bits per heavy atom. The van der Waals surface area contributed by atoms with Crippen LogP contribution in [0.5, 0.6) is 0 Å². The van der Waals surface area contributed by atoms with Crippen molar-refractivity contribution in [1.29, 1.82) is 0 Å². The van der Waals surface area contributed by atoms with Gasteiger partial charge in [-0.05, 0) is 13.3 Å². The van der Waals surface area contributed by atoms with Crippen molar-refractivity contribution >= 4 is 17.2 Å². The molecule has 1 N–H and O–H groups in total. The number of carbonyl (C=O) groups excluding carboxylic acids is 1. The zero-order valence-electron chi connectivity index (χ0n) is 12.6. The fourth-order valence-electron chi connectivity index (χ4n) is 2.56. The molecular formula is C14H22N2O3S. The molecule has 0 spiro atoms. The Morgan fingerprint density at radius 1 is 1.50 bits per heavy atom. The predicted molar refractivity (Wildman–Crippen MR) is 77.9 cm³/mol. The van der Waals surface area contributed by atoms with Crippen LogP contribution in [0.4, 0.5) is 0 Å². The van der Waals surface area contributed by atoms with Gasteiger partial charge in [0.2, 0.25) is 0 Å². The molecule has 1 saturated carbocycles. The van der Waals surface area contributed by atoms with Gasteiger partial charge < -0.3 is 14.8 Å². The second-order valence-electron chi connectivity index (χ2n) is 5.95. The first-order valence-corrected chi connectivity index (χ1v) is 7.51. The summed E-state index contributed by atoms with van der Waals surface area (Å²) in [5, 5.41) is 5.63. The molecule has 5 nitrogen and oxygen atoms in total. The number of aromatic nitrogens is 1. The number of methoxy groups -OCH3 is 2. The zero-order valence-corrected chi connectivity index (χ0v) is 13.5. The maximum Gasteiger partial charge on any atom is 0.271 e. The summed E-state index contributed by atoms with van der Waals surface area (Å²) in [7, 11) is 3.33. The van der Waals surface area contributed by atoms with Gasteiger partial charge in [-0.25, -0.2) is 4.98 Å². The Kier molecular flexibility index (Phi) is 4.18. The molecule has 6 heteroatoms. The van der Waals surface area contributed by atoms with Crippen LogP contribution in [0.3, 0.4) is 0 Å². The van der Waals surface area contributed by atoms with Gasteiger partial charge in [-0.1, -0.05) is 13.8 Å². The molecule has 2 rings (SSSR count). The maximum atomic E-state index is 12.2. The molecule has 2 atom stereocenters. The van der Waals surface area contributed by atoms with E-state index in [4.69, 9.17) is 9.47 Å². The number of rotatable bonds is 5. The van der Waals surface area contributed by atoms with Crippen molar-refractivity contribution in [1.82, 2.24) is 10.3 Å². The van der Waals surface area contributed by atoms with Crippen molar-refractivity contribution in [2.24, 2.45) is 5.41 Å². The average Bonchev–Trinajstić information content (AvgIpc) is 2.87. The predicted octanol–water partition coefficient (Wildman–Crippen LogP) is 2.22. The summed E-state index contributed by atoms with van der Waals surface area (Å²) >= 11 is 1.44. The van der Waals surface area contributed by atoms with E-state index in [0.29, 0.717) is 12.3 Å². The van der Waals surface area contributed by atoms with Crippen LogP contribution in [-0.2, 0) is 16.1 Å². The standard InChI is InChI=1S/C14H22N2O3S/c1-13(2)10(6-14(13,3)19-5)16-12(17)9-8-20-11(15-9)7-18-4/h8,10H,6-7H2,1-5H3,(H,16,17). The largest absolute Gasteiger partial charge is 0.378 e. The highest BCUT2D eigenvalue weighted by Crippen LogP contribution is 2.51. The molecule has 0 aromatic carbocycles. The number of amides is 1. The summed E-state index contributed by atoms with van der Waals surface area (Å²) in [5.74, 6) is -0.125. The topological polar surface area (TPSA) is 60.5 Å². The maximum absolute atomic E-state index is 12.2. The van der Waals surface area contributed by atoms with Crippen LogP contribution in [-0.4, -0.2) is 36.8 Å². The lowest BCUT2D eigenvalue weighted by atomic mass is 9.56. The first-order chi connectivity index (χ1) is 9.34. The van der Waals surface area contributed by atoms with Crippen LogP contribution in [0.25, 0.3) is 0 Å². The summed E-state index contributed by atoms with van der Waals surface area (Å²) in [6.45, 7) is 6.74. The van der Waals surface area contributed by atoms with Crippen LogP contribution < -0.4 is 5.32 Å². The summed E-state index contributed by atoms with van der Waals surface area (Å²) in [5.41, 5.74) is 0.181. The minimum absolute atomic E-state index is 0.0945. The van der Waals surface area contributed by atoms with E-state index in [2.05, 4.69) is 31.1 Å². The Labute approximate surface area is 123 Å². The van der Waals surface area contributed by atoms with Crippen molar-refractivity contribution in [3.8, 4) is 0 Å². The normalized spacial score (nSPS) is 27.9.